The number of benzene rings is 7. The van der Waals surface area contributed by atoms with Gasteiger partial charge in [-0.3, -0.25) is 0 Å². The molecule has 0 bridgehead atoms. The van der Waals surface area contributed by atoms with E-state index in [1.807, 2.05) is 0 Å². The maximum absolute atomic E-state index is 7.12. The van der Waals surface area contributed by atoms with Crippen molar-refractivity contribution in [3.63, 3.8) is 0 Å². The van der Waals surface area contributed by atoms with Gasteiger partial charge in [0.2, 0.25) is 0 Å². The van der Waals surface area contributed by atoms with E-state index in [0.717, 1.165) is 33.7 Å². The molecular formula is C44H26BN3O. The summed E-state index contributed by atoms with van der Waals surface area (Å²) in [7, 11) is 0. The van der Waals surface area contributed by atoms with E-state index in [1.165, 1.54) is 65.9 Å². The van der Waals surface area contributed by atoms with E-state index in [1.54, 1.807) is 0 Å². The molecule has 10 aromatic rings. The van der Waals surface area contributed by atoms with E-state index in [9.17, 15) is 0 Å². The van der Waals surface area contributed by atoms with Gasteiger partial charge in [0.25, 0.3) is 6.71 Å². The number of hydrogen-bond acceptors (Lipinski definition) is 2. The van der Waals surface area contributed by atoms with E-state index in [-0.39, 0.29) is 6.71 Å². The van der Waals surface area contributed by atoms with Crippen LogP contribution in [0.4, 0.5) is 17.1 Å². The number of fused-ring (bicyclic) bond motifs is 13. The van der Waals surface area contributed by atoms with Crippen LogP contribution >= 0.6 is 0 Å². The lowest BCUT2D eigenvalue weighted by molar-refractivity contribution is 0.651. The molecule has 2 aliphatic heterocycles. The van der Waals surface area contributed by atoms with Crippen molar-refractivity contribution in [1.82, 2.24) is 9.13 Å². The normalized spacial score (nSPS) is 13.2. The van der Waals surface area contributed by atoms with Gasteiger partial charge in [0.1, 0.15) is 5.58 Å². The topological polar surface area (TPSA) is 26.2 Å². The van der Waals surface area contributed by atoms with Gasteiger partial charge in [0.05, 0.1) is 33.4 Å². The van der Waals surface area contributed by atoms with Crippen LogP contribution in [0.15, 0.2) is 162 Å². The second kappa shape index (κ2) is 9.12. The van der Waals surface area contributed by atoms with Gasteiger partial charge in [-0.15, -0.1) is 0 Å². The van der Waals surface area contributed by atoms with Crippen molar-refractivity contribution in [1.29, 1.82) is 0 Å². The highest BCUT2D eigenvalue weighted by Crippen LogP contribution is 2.46. The number of hydrogen-bond donors (Lipinski definition) is 0. The Morgan fingerprint density at radius 1 is 0.429 bits per heavy atom. The summed E-state index contributed by atoms with van der Waals surface area (Å²) in [6.45, 7) is -0.136. The van der Waals surface area contributed by atoms with Crippen LogP contribution in [0.5, 0.6) is 0 Å². The molecule has 0 fully saturated rings. The molecule has 0 spiro atoms. The molecule has 0 amide bonds. The van der Waals surface area contributed by atoms with Crippen LogP contribution in [0.3, 0.4) is 0 Å². The minimum atomic E-state index is -0.136. The Morgan fingerprint density at radius 2 is 1.00 bits per heavy atom. The Bertz CT molecular complexity index is 3010. The fourth-order valence-corrected chi connectivity index (χ4v) is 9.05. The molecule has 0 unspecified atom stereocenters. The van der Waals surface area contributed by atoms with Crippen LogP contribution in [0.25, 0.3) is 66.0 Å². The summed E-state index contributed by atoms with van der Waals surface area (Å²) in [5.41, 5.74) is 15.1. The van der Waals surface area contributed by atoms with Crippen molar-refractivity contribution in [3.05, 3.63) is 158 Å². The van der Waals surface area contributed by atoms with Gasteiger partial charge in [-0.05, 0) is 77.7 Å². The van der Waals surface area contributed by atoms with E-state index in [4.69, 9.17) is 4.42 Å². The summed E-state index contributed by atoms with van der Waals surface area (Å²) < 4.78 is 12.1. The van der Waals surface area contributed by atoms with Crippen LogP contribution in [-0.2, 0) is 0 Å². The molecule has 2 aliphatic rings. The van der Waals surface area contributed by atoms with E-state index < -0.39 is 0 Å². The first-order valence-electron chi connectivity index (χ1n) is 16.9. The third kappa shape index (κ3) is 3.11. The maximum atomic E-state index is 7.12. The summed E-state index contributed by atoms with van der Waals surface area (Å²) in [5, 5.41) is 6.16. The van der Waals surface area contributed by atoms with Crippen molar-refractivity contribution >= 4 is 94.9 Å². The van der Waals surface area contributed by atoms with Gasteiger partial charge in [-0.2, -0.15) is 0 Å². The molecule has 226 valence electrons. The first-order valence-corrected chi connectivity index (χ1v) is 16.9. The number of para-hydroxylation sites is 5. The van der Waals surface area contributed by atoms with Crippen molar-refractivity contribution in [2.45, 2.75) is 0 Å². The predicted octanol–water partition coefficient (Wildman–Crippen LogP) is 9.24. The number of aromatic nitrogens is 2. The van der Waals surface area contributed by atoms with Gasteiger partial charge in [0, 0.05) is 49.7 Å². The number of furan rings is 1. The Morgan fingerprint density at radius 3 is 1.73 bits per heavy atom. The highest BCUT2D eigenvalue weighted by atomic mass is 16.3. The van der Waals surface area contributed by atoms with Crippen LogP contribution < -0.4 is 21.5 Å². The Hall–Kier alpha value is -6.46. The summed E-state index contributed by atoms with van der Waals surface area (Å²) in [4.78, 5) is 2.43. The zero-order chi connectivity index (χ0) is 31.8. The average Bonchev–Trinajstić information content (AvgIpc) is 3.82. The van der Waals surface area contributed by atoms with Gasteiger partial charge < -0.3 is 18.5 Å². The van der Waals surface area contributed by atoms with Crippen molar-refractivity contribution < 1.29 is 4.42 Å². The largest absolute Gasteiger partial charge is 0.468 e. The molecule has 4 nitrogen and oxygen atoms in total. The molecule has 49 heavy (non-hydrogen) atoms. The van der Waals surface area contributed by atoms with E-state index >= 15 is 0 Å². The van der Waals surface area contributed by atoms with Crippen molar-refractivity contribution in [3.8, 4) is 11.4 Å². The van der Waals surface area contributed by atoms with Gasteiger partial charge in [0.15, 0.2) is 0 Å². The van der Waals surface area contributed by atoms with Crippen LogP contribution in [0.2, 0.25) is 0 Å². The molecule has 5 heteroatoms. The molecule has 3 aromatic heterocycles. The average molecular weight is 624 g/mol. The van der Waals surface area contributed by atoms with E-state index in [0.29, 0.717) is 0 Å². The fraction of sp³-hybridized carbons (Fsp3) is 0. The quantitative estimate of drug-likeness (QED) is 0.180. The minimum Gasteiger partial charge on any atom is -0.468 e. The standard InChI is InChI=1S/C44H26BN3O/c1-3-14-27(15-4-1)46-34-21-10-7-18-29(34)32-26-33-30-19-8-11-22-35(30)48-37-24-13-23-36-39(37)45(40(41(32)46)42(33)48)44-43(31-20-9-12-25-38(31)49-44)47(36)28-16-5-2-6-17-28/h1-26H. The second-order valence-electron chi connectivity index (χ2n) is 13.2. The summed E-state index contributed by atoms with van der Waals surface area (Å²) in [6.07, 6.45) is 0. The monoisotopic (exact) mass is 623 g/mol. The van der Waals surface area contributed by atoms with Crippen LogP contribution in [0.1, 0.15) is 0 Å². The molecule has 0 N–H and O–H groups in total. The lowest BCUT2D eigenvalue weighted by Gasteiger charge is -2.38. The van der Waals surface area contributed by atoms with Crippen molar-refractivity contribution in [2.24, 2.45) is 0 Å². The highest BCUT2D eigenvalue weighted by molar-refractivity contribution is 7.01. The van der Waals surface area contributed by atoms with Crippen LogP contribution in [0, 0.1) is 0 Å². The van der Waals surface area contributed by atoms with Crippen LogP contribution in [-0.4, -0.2) is 15.8 Å². The molecule has 0 saturated carbocycles. The molecule has 7 aromatic carbocycles. The summed E-state index contributed by atoms with van der Waals surface area (Å²) in [5.74, 6) is 0. The first-order chi connectivity index (χ1) is 24.4. The molecular weight excluding hydrogens is 597 g/mol. The lowest BCUT2D eigenvalue weighted by atomic mass is 9.35. The Balaban J connectivity index is 1.36. The second-order valence-corrected chi connectivity index (χ2v) is 13.2. The summed E-state index contributed by atoms with van der Waals surface area (Å²) in [6, 6.07) is 57.1. The maximum Gasteiger partial charge on any atom is 0.299 e. The molecule has 12 rings (SSSR count). The highest BCUT2D eigenvalue weighted by Gasteiger charge is 2.47. The zero-order valence-electron chi connectivity index (χ0n) is 26.3. The predicted molar refractivity (Wildman–Crippen MR) is 204 cm³/mol. The van der Waals surface area contributed by atoms with E-state index in [2.05, 4.69) is 172 Å². The smallest absolute Gasteiger partial charge is 0.299 e. The van der Waals surface area contributed by atoms with Gasteiger partial charge >= 0.3 is 0 Å². The molecule has 0 radical (unpaired) electrons. The van der Waals surface area contributed by atoms with Gasteiger partial charge in [-0.1, -0.05) is 91.0 Å². The van der Waals surface area contributed by atoms with Crippen molar-refractivity contribution in [2.75, 3.05) is 4.90 Å². The Kier molecular flexibility index (Phi) is 4.77. The summed E-state index contributed by atoms with van der Waals surface area (Å²) >= 11 is 0. The molecule has 0 saturated heterocycles. The fourth-order valence-electron chi connectivity index (χ4n) is 9.05. The minimum absolute atomic E-state index is 0.136. The number of nitrogens with zero attached hydrogens (tertiary/aromatic N) is 3. The third-order valence-corrected chi connectivity index (χ3v) is 10.9. The Labute approximate surface area is 281 Å². The van der Waals surface area contributed by atoms with Gasteiger partial charge in [-0.25, -0.2) is 0 Å². The third-order valence-electron chi connectivity index (χ3n) is 10.9. The first kappa shape index (κ1) is 25.6. The lowest BCUT2D eigenvalue weighted by Crippen LogP contribution is -2.60. The number of rotatable bonds is 2. The molecule has 5 heterocycles. The zero-order valence-corrected chi connectivity index (χ0v) is 26.3. The molecule has 0 atom stereocenters. The number of anilines is 3. The molecule has 0 aliphatic carbocycles. The SMILES string of the molecule is c1ccc(N2c3cccc4c3B(c3oc5ccccc5c32)c2c3c(cc5c6ccccc6n-4c25)c2ccccc2n3-c2ccccc2)cc1.